The number of anilines is 2. The molecular formula is C27H31N9O4. The van der Waals surface area contributed by atoms with Gasteiger partial charge in [0.1, 0.15) is 18.4 Å². The first-order valence-corrected chi connectivity index (χ1v) is 13.3. The van der Waals surface area contributed by atoms with Gasteiger partial charge in [-0.15, -0.1) is 5.10 Å². The molecule has 13 heteroatoms. The summed E-state index contributed by atoms with van der Waals surface area (Å²) < 4.78 is 19.2. The first kappa shape index (κ1) is 25.6. The third-order valence-electron chi connectivity index (χ3n) is 7.11. The zero-order chi connectivity index (χ0) is 27.6. The van der Waals surface area contributed by atoms with Crippen LogP contribution < -0.4 is 15.4 Å². The average molecular weight is 546 g/mol. The van der Waals surface area contributed by atoms with E-state index in [1.165, 1.54) is 4.52 Å². The zero-order valence-electron chi connectivity index (χ0n) is 22.4. The largest absolute Gasteiger partial charge is 0.491 e. The molecule has 0 saturated carbocycles. The molecule has 2 N–H and O–H groups in total. The van der Waals surface area contributed by atoms with Gasteiger partial charge in [-0.1, -0.05) is 6.92 Å². The molecular weight excluding hydrogens is 514 g/mol. The van der Waals surface area contributed by atoms with E-state index < -0.39 is 6.04 Å². The second-order valence-corrected chi connectivity index (χ2v) is 9.52. The maximum atomic E-state index is 13.7. The Balaban J connectivity index is 1.18. The van der Waals surface area contributed by atoms with Crippen molar-refractivity contribution in [2.45, 2.75) is 19.4 Å². The van der Waals surface area contributed by atoms with Gasteiger partial charge in [0.2, 0.25) is 17.7 Å². The molecule has 1 unspecified atom stereocenters. The molecule has 1 aliphatic rings. The van der Waals surface area contributed by atoms with Crippen molar-refractivity contribution in [3.63, 3.8) is 0 Å². The number of hydrogen-bond donors (Lipinski definition) is 1. The maximum absolute atomic E-state index is 13.7. The number of nitrogens with two attached hydrogens (primary N) is 1. The highest BCUT2D eigenvalue weighted by molar-refractivity contribution is 5.92. The average Bonchev–Trinajstić information content (AvgIpc) is 3.75. The van der Waals surface area contributed by atoms with Crippen LogP contribution in [0.4, 0.5) is 11.6 Å². The molecule has 4 aromatic heterocycles. The minimum absolute atomic E-state index is 0.00651. The summed E-state index contributed by atoms with van der Waals surface area (Å²) in [4.78, 5) is 27.0. The normalized spacial score (nSPS) is 14.8. The van der Waals surface area contributed by atoms with E-state index in [1.54, 1.807) is 36.4 Å². The molecule has 1 saturated heterocycles. The minimum atomic E-state index is -0.519. The van der Waals surface area contributed by atoms with Gasteiger partial charge < -0.3 is 29.4 Å². The Hall–Kier alpha value is -4.65. The molecule has 0 aliphatic carbocycles. The lowest BCUT2D eigenvalue weighted by Gasteiger charge is -2.37. The van der Waals surface area contributed by atoms with Gasteiger partial charge in [-0.3, -0.25) is 4.79 Å². The van der Waals surface area contributed by atoms with Crippen molar-refractivity contribution in [3.8, 4) is 17.3 Å². The van der Waals surface area contributed by atoms with Crippen molar-refractivity contribution >= 4 is 34.2 Å². The number of rotatable bonds is 9. The molecule has 5 aromatic rings. The van der Waals surface area contributed by atoms with Gasteiger partial charge in [-0.25, -0.2) is 9.67 Å². The summed E-state index contributed by atoms with van der Waals surface area (Å²) in [7, 11) is 1.65. The highest BCUT2D eigenvalue weighted by Crippen LogP contribution is 2.27. The number of carbonyl (C=O) groups excluding carboxylic acids is 1. The van der Waals surface area contributed by atoms with Crippen molar-refractivity contribution in [2.75, 3.05) is 57.1 Å². The Morgan fingerprint density at radius 3 is 2.58 bits per heavy atom. The van der Waals surface area contributed by atoms with Crippen molar-refractivity contribution in [3.05, 3.63) is 48.9 Å². The van der Waals surface area contributed by atoms with E-state index in [0.29, 0.717) is 61.0 Å². The monoisotopic (exact) mass is 545 g/mol. The van der Waals surface area contributed by atoms with Crippen LogP contribution in [0.25, 0.3) is 28.3 Å². The number of fused-ring (bicyclic) bond motifs is 3. The van der Waals surface area contributed by atoms with Crippen LogP contribution in [0.1, 0.15) is 19.4 Å². The molecule has 0 spiro atoms. The van der Waals surface area contributed by atoms with Crippen molar-refractivity contribution in [1.29, 1.82) is 0 Å². The number of nitrogen functional groups attached to an aromatic ring is 1. The van der Waals surface area contributed by atoms with Crippen molar-refractivity contribution < 1.29 is 18.7 Å². The Kier molecular flexibility index (Phi) is 6.95. The number of benzene rings is 1. The van der Waals surface area contributed by atoms with E-state index in [4.69, 9.17) is 19.6 Å². The Morgan fingerprint density at radius 1 is 1.07 bits per heavy atom. The predicted molar refractivity (Wildman–Crippen MR) is 148 cm³/mol. The molecule has 1 aromatic carbocycles. The SMILES string of the molecule is CCC(C(=O)N1CCN(c2ccc(OCCOC)cc2)CC1)n1ncc2c1nc(N)n1nc(-c3ccco3)nc21. The molecule has 13 nitrogen and oxygen atoms in total. The second kappa shape index (κ2) is 10.8. The summed E-state index contributed by atoms with van der Waals surface area (Å²) in [6.07, 6.45) is 3.77. The molecule has 1 amide bonds. The van der Waals surface area contributed by atoms with E-state index in [0.717, 1.165) is 24.5 Å². The van der Waals surface area contributed by atoms with E-state index in [-0.39, 0.29) is 11.9 Å². The van der Waals surface area contributed by atoms with Gasteiger partial charge in [-0.05, 0) is 42.8 Å². The summed E-state index contributed by atoms with van der Waals surface area (Å²) in [6, 6.07) is 11.0. The third-order valence-corrected chi connectivity index (χ3v) is 7.11. The van der Waals surface area contributed by atoms with Crippen LogP contribution in [0.15, 0.2) is 53.3 Å². The quantitative estimate of drug-likeness (QED) is 0.275. The van der Waals surface area contributed by atoms with Gasteiger partial charge in [0.25, 0.3) is 0 Å². The predicted octanol–water partition coefficient (Wildman–Crippen LogP) is 2.64. The van der Waals surface area contributed by atoms with E-state index in [1.807, 2.05) is 36.1 Å². The number of ether oxygens (including phenoxy) is 2. The fourth-order valence-electron chi connectivity index (χ4n) is 5.01. The lowest BCUT2D eigenvalue weighted by Crippen LogP contribution is -2.50. The first-order chi connectivity index (χ1) is 19.6. The molecule has 208 valence electrons. The van der Waals surface area contributed by atoms with Crippen LogP contribution >= 0.6 is 0 Å². The molecule has 6 rings (SSSR count). The number of amides is 1. The number of piperazine rings is 1. The summed E-state index contributed by atoms with van der Waals surface area (Å²) in [6.45, 7) is 5.70. The Bertz CT molecular complexity index is 1600. The summed E-state index contributed by atoms with van der Waals surface area (Å²) >= 11 is 0. The topological polar surface area (TPSA) is 142 Å². The highest BCUT2D eigenvalue weighted by atomic mass is 16.5. The molecule has 0 bridgehead atoms. The van der Waals surface area contributed by atoms with Crippen LogP contribution in [-0.4, -0.2) is 86.7 Å². The fourth-order valence-corrected chi connectivity index (χ4v) is 5.01. The lowest BCUT2D eigenvalue weighted by atomic mass is 10.1. The van der Waals surface area contributed by atoms with Crippen LogP contribution in [0.3, 0.4) is 0 Å². The van der Waals surface area contributed by atoms with E-state index >= 15 is 0 Å². The van der Waals surface area contributed by atoms with Gasteiger partial charge >= 0.3 is 0 Å². The number of furan rings is 1. The van der Waals surface area contributed by atoms with Crippen LogP contribution in [0, 0.1) is 0 Å². The fraction of sp³-hybridized carbons (Fsp3) is 0.370. The zero-order valence-corrected chi connectivity index (χ0v) is 22.4. The van der Waals surface area contributed by atoms with Crippen LogP contribution in [0.5, 0.6) is 5.75 Å². The van der Waals surface area contributed by atoms with Gasteiger partial charge in [0.15, 0.2) is 17.1 Å². The van der Waals surface area contributed by atoms with E-state index in [9.17, 15) is 4.79 Å². The maximum Gasteiger partial charge on any atom is 0.247 e. The molecule has 40 heavy (non-hydrogen) atoms. The third kappa shape index (κ3) is 4.68. The van der Waals surface area contributed by atoms with Gasteiger partial charge in [0.05, 0.1) is 24.5 Å². The van der Waals surface area contributed by atoms with Crippen LogP contribution in [-0.2, 0) is 9.53 Å². The molecule has 0 radical (unpaired) electrons. The second-order valence-electron chi connectivity index (χ2n) is 9.52. The standard InChI is InChI=1S/C27H31N9O4/c1-3-21(26(37)34-12-10-33(11-13-34)18-6-8-19(9-7-18)39-16-15-38-2)35-25-20(17-29-35)24-30-23(22-5-4-14-40-22)32-36(24)27(28)31-25/h4-9,14,17,21H,3,10-13,15-16H2,1-2H3,(H2,28,31). The minimum Gasteiger partial charge on any atom is -0.491 e. The van der Waals surface area contributed by atoms with Crippen molar-refractivity contribution in [1.82, 2.24) is 34.3 Å². The van der Waals surface area contributed by atoms with Crippen LogP contribution in [0.2, 0.25) is 0 Å². The Labute approximate surface area is 230 Å². The first-order valence-electron chi connectivity index (χ1n) is 13.3. The Morgan fingerprint density at radius 2 is 1.88 bits per heavy atom. The number of carbonyl (C=O) groups is 1. The molecule has 1 aliphatic heterocycles. The smallest absolute Gasteiger partial charge is 0.247 e. The molecule has 1 fully saturated rings. The van der Waals surface area contributed by atoms with Crippen molar-refractivity contribution in [2.24, 2.45) is 0 Å². The number of hydrogen-bond acceptors (Lipinski definition) is 10. The molecule has 5 heterocycles. The summed E-state index contributed by atoms with van der Waals surface area (Å²) in [5.74, 6) is 1.89. The van der Waals surface area contributed by atoms with Gasteiger partial charge in [-0.2, -0.15) is 14.6 Å². The highest BCUT2D eigenvalue weighted by Gasteiger charge is 2.30. The number of methoxy groups -OCH3 is 1. The lowest BCUT2D eigenvalue weighted by molar-refractivity contribution is -0.135. The summed E-state index contributed by atoms with van der Waals surface area (Å²) in [5.41, 5.74) is 8.35. The number of nitrogens with zero attached hydrogens (tertiary/aromatic N) is 8. The van der Waals surface area contributed by atoms with E-state index in [2.05, 4.69) is 25.1 Å². The number of aromatic nitrogens is 6. The molecule has 1 atom stereocenters. The summed E-state index contributed by atoms with van der Waals surface area (Å²) in [5, 5.41) is 9.65. The van der Waals surface area contributed by atoms with Gasteiger partial charge in [0, 0.05) is 39.0 Å².